The standard InChI is InChI=1S/C23H23F3N2/c24-23(25,26)22-9-5-4-8-20(22)16-28-21(15-27)14-17-10-12-19(13-11-17)18-6-2-1-3-7-18/h1-13,21,28H,14-16,27H2. The molecule has 0 heterocycles. The Bertz CT molecular complexity index is 874. The fourth-order valence-electron chi connectivity index (χ4n) is 3.19. The molecule has 3 aromatic rings. The summed E-state index contributed by atoms with van der Waals surface area (Å²) in [5.74, 6) is 0. The minimum atomic E-state index is -4.36. The highest BCUT2D eigenvalue weighted by atomic mass is 19.4. The van der Waals surface area contributed by atoms with E-state index < -0.39 is 11.7 Å². The molecule has 0 bridgehead atoms. The maximum Gasteiger partial charge on any atom is 0.416 e. The van der Waals surface area contributed by atoms with Crippen LogP contribution < -0.4 is 11.1 Å². The van der Waals surface area contributed by atoms with Crippen LogP contribution in [0.4, 0.5) is 13.2 Å². The molecular formula is C23H23F3N2. The van der Waals surface area contributed by atoms with Crippen LogP contribution in [-0.4, -0.2) is 12.6 Å². The zero-order valence-electron chi connectivity index (χ0n) is 15.4. The van der Waals surface area contributed by atoms with Gasteiger partial charge in [0.1, 0.15) is 0 Å². The van der Waals surface area contributed by atoms with E-state index in [1.807, 2.05) is 30.3 Å². The fraction of sp³-hybridized carbons (Fsp3) is 0.217. The van der Waals surface area contributed by atoms with Crippen LogP contribution in [0.5, 0.6) is 0 Å². The van der Waals surface area contributed by atoms with E-state index in [0.717, 1.165) is 22.8 Å². The van der Waals surface area contributed by atoms with Gasteiger partial charge in [0.2, 0.25) is 0 Å². The molecule has 0 saturated heterocycles. The van der Waals surface area contributed by atoms with Crippen LogP contribution in [0.3, 0.4) is 0 Å². The summed E-state index contributed by atoms with van der Waals surface area (Å²) in [7, 11) is 0. The number of hydrogen-bond acceptors (Lipinski definition) is 2. The summed E-state index contributed by atoms with van der Waals surface area (Å²) in [6, 6.07) is 23.8. The van der Waals surface area contributed by atoms with Crippen molar-refractivity contribution in [3.8, 4) is 11.1 Å². The van der Waals surface area contributed by atoms with Crippen molar-refractivity contribution in [2.45, 2.75) is 25.2 Å². The molecule has 3 N–H and O–H groups in total. The second kappa shape index (κ2) is 9.04. The van der Waals surface area contributed by atoms with Crippen molar-refractivity contribution in [1.82, 2.24) is 5.32 Å². The van der Waals surface area contributed by atoms with Crippen molar-refractivity contribution in [3.05, 3.63) is 95.6 Å². The molecule has 5 heteroatoms. The van der Waals surface area contributed by atoms with Gasteiger partial charge in [-0.2, -0.15) is 13.2 Å². The van der Waals surface area contributed by atoms with Gasteiger partial charge in [0.25, 0.3) is 0 Å². The second-order valence-corrected chi connectivity index (χ2v) is 6.74. The number of halogens is 3. The molecule has 0 spiro atoms. The summed E-state index contributed by atoms with van der Waals surface area (Å²) >= 11 is 0. The number of nitrogens with one attached hydrogen (secondary N) is 1. The lowest BCUT2D eigenvalue weighted by Gasteiger charge is -2.19. The average Bonchev–Trinajstić information content (AvgIpc) is 2.72. The normalized spacial score (nSPS) is 12.7. The maximum absolute atomic E-state index is 13.1. The number of alkyl halides is 3. The summed E-state index contributed by atoms with van der Waals surface area (Å²) < 4.78 is 39.4. The van der Waals surface area contributed by atoms with Gasteiger partial charge in [0, 0.05) is 19.1 Å². The zero-order valence-corrected chi connectivity index (χ0v) is 15.4. The van der Waals surface area contributed by atoms with Crippen molar-refractivity contribution < 1.29 is 13.2 Å². The number of nitrogens with two attached hydrogens (primary N) is 1. The van der Waals surface area contributed by atoms with E-state index in [1.165, 1.54) is 12.1 Å². The van der Waals surface area contributed by atoms with Gasteiger partial charge in [0.05, 0.1) is 5.56 Å². The topological polar surface area (TPSA) is 38.0 Å². The molecule has 3 rings (SSSR count). The Morgan fingerprint density at radius 1 is 0.786 bits per heavy atom. The Balaban J connectivity index is 1.64. The first-order chi connectivity index (χ1) is 13.5. The Labute approximate surface area is 163 Å². The third-order valence-corrected chi connectivity index (χ3v) is 4.73. The third kappa shape index (κ3) is 5.21. The lowest BCUT2D eigenvalue weighted by atomic mass is 10.00. The van der Waals surface area contributed by atoms with Gasteiger partial charge in [-0.15, -0.1) is 0 Å². The number of rotatable bonds is 7. The molecule has 0 aliphatic heterocycles. The van der Waals surface area contributed by atoms with Gasteiger partial charge in [-0.3, -0.25) is 0 Å². The zero-order chi connectivity index (χ0) is 20.0. The number of hydrogen-bond donors (Lipinski definition) is 2. The molecule has 2 nitrogen and oxygen atoms in total. The van der Waals surface area contributed by atoms with Crippen molar-refractivity contribution in [3.63, 3.8) is 0 Å². The molecule has 3 aromatic carbocycles. The van der Waals surface area contributed by atoms with Gasteiger partial charge in [-0.25, -0.2) is 0 Å². The van der Waals surface area contributed by atoms with E-state index in [0.29, 0.717) is 13.0 Å². The summed E-state index contributed by atoms with van der Waals surface area (Å²) in [6.45, 7) is 0.467. The Hall–Kier alpha value is -2.63. The molecule has 0 saturated carbocycles. The molecule has 0 aromatic heterocycles. The van der Waals surface area contributed by atoms with Crippen LogP contribution in [0, 0.1) is 0 Å². The molecule has 0 aliphatic carbocycles. The van der Waals surface area contributed by atoms with Crippen LogP contribution in [0.15, 0.2) is 78.9 Å². The monoisotopic (exact) mass is 384 g/mol. The molecule has 0 radical (unpaired) electrons. The lowest BCUT2D eigenvalue weighted by Crippen LogP contribution is -2.37. The highest BCUT2D eigenvalue weighted by molar-refractivity contribution is 5.63. The summed E-state index contributed by atoms with van der Waals surface area (Å²) in [6.07, 6.45) is -3.70. The van der Waals surface area contributed by atoms with Crippen LogP contribution in [0.2, 0.25) is 0 Å². The first kappa shape index (κ1) is 20.1. The van der Waals surface area contributed by atoms with Crippen LogP contribution in [0.25, 0.3) is 11.1 Å². The average molecular weight is 384 g/mol. The minimum Gasteiger partial charge on any atom is -0.329 e. The van der Waals surface area contributed by atoms with E-state index in [4.69, 9.17) is 5.73 Å². The van der Waals surface area contributed by atoms with Gasteiger partial charge in [-0.1, -0.05) is 72.8 Å². The van der Waals surface area contributed by atoms with E-state index in [1.54, 1.807) is 6.07 Å². The van der Waals surface area contributed by atoms with Crippen LogP contribution in [0.1, 0.15) is 16.7 Å². The molecular weight excluding hydrogens is 361 g/mol. The predicted molar refractivity (Wildman–Crippen MR) is 107 cm³/mol. The Morgan fingerprint density at radius 3 is 2.04 bits per heavy atom. The van der Waals surface area contributed by atoms with E-state index in [9.17, 15) is 13.2 Å². The van der Waals surface area contributed by atoms with Crippen LogP contribution in [-0.2, 0) is 19.1 Å². The first-order valence-corrected chi connectivity index (χ1v) is 9.20. The highest BCUT2D eigenvalue weighted by Gasteiger charge is 2.32. The lowest BCUT2D eigenvalue weighted by molar-refractivity contribution is -0.138. The van der Waals surface area contributed by atoms with Gasteiger partial charge < -0.3 is 11.1 Å². The Morgan fingerprint density at radius 2 is 1.39 bits per heavy atom. The van der Waals surface area contributed by atoms with Crippen LogP contribution >= 0.6 is 0 Å². The molecule has 0 fully saturated rings. The molecule has 1 atom stereocenters. The summed E-state index contributed by atoms with van der Waals surface area (Å²) in [4.78, 5) is 0. The third-order valence-electron chi connectivity index (χ3n) is 4.73. The molecule has 28 heavy (non-hydrogen) atoms. The first-order valence-electron chi connectivity index (χ1n) is 9.20. The van der Waals surface area contributed by atoms with Gasteiger partial charge >= 0.3 is 6.18 Å². The smallest absolute Gasteiger partial charge is 0.329 e. The van der Waals surface area contributed by atoms with Crippen molar-refractivity contribution >= 4 is 0 Å². The largest absolute Gasteiger partial charge is 0.416 e. The van der Waals surface area contributed by atoms with E-state index >= 15 is 0 Å². The molecule has 0 amide bonds. The van der Waals surface area contributed by atoms with Gasteiger partial charge in [-0.05, 0) is 34.7 Å². The fourth-order valence-corrected chi connectivity index (χ4v) is 3.19. The predicted octanol–water partition coefficient (Wildman–Crippen LogP) is 5.03. The summed E-state index contributed by atoms with van der Waals surface area (Å²) in [5.41, 5.74) is 8.83. The molecule has 146 valence electrons. The Kier molecular flexibility index (Phi) is 6.49. The van der Waals surface area contributed by atoms with Crippen molar-refractivity contribution in [1.29, 1.82) is 0 Å². The quantitative estimate of drug-likeness (QED) is 0.599. The molecule has 0 aliphatic rings. The number of benzene rings is 3. The SMILES string of the molecule is NCC(Cc1ccc(-c2ccccc2)cc1)NCc1ccccc1C(F)(F)F. The maximum atomic E-state index is 13.1. The second-order valence-electron chi connectivity index (χ2n) is 6.74. The summed E-state index contributed by atoms with van der Waals surface area (Å²) in [5, 5.41) is 3.17. The minimum absolute atomic E-state index is 0.108. The van der Waals surface area contributed by atoms with E-state index in [-0.39, 0.29) is 18.2 Å². The highest BCUT2D eigenvalue weighted by Crippen LogP contribution is 2.31. The van der Waals surface area contributed by atoms with E-state index in [2.05, 4.69) is 29.6 Å². The van der Waals surface area contributed by atoms with Gasteiger partial charge in [0.15, 0.2) is 0 Å². The van der Waals surface area contributed by atoms with Crippen molar-refractivity contribution in [2.75, 3.05) is 6.54 Å². The van der Waals surface area contributed by atoms with Crippen molar-refractivity contribution in [2.24, 2.45) is 5.73 Å². The molecule has 1 unspecified atom stereocenters.